The highest BCUT2D eigenvalue weighted by Crippen LogP contribution is 2.25. The van der Waals surface area contributed by atoms with Crippen molar-refractivity contribution in [3.05, 3.63) is 70.8 Å². The first kappa shape index (κ1) is 20.3. The number of nitrogens with one attached hydrogen (secondary N) is 1. The Balaban J connectivity index is 1.46. The minimum atomic E-state index is -0.234. The molecule has 1 heterocycles. The number of fused-ring (bicyclic) bond motifs is 1. The fourth-order valence-corrected chi connectivity index (χ4v) is 4.26. The van der Waals surface area contributed by atoms with Crippen molar-refractivity contribution in [1.29, 1.82) is 0 Å². The van der Waals surface area contributed by atoms with E-state index in [4.69, 9.17) is 0 Å². The second kappa shape index (κ2) is 9.22. The minimum absolute atomic E-state index is 0.0660. The standard InChI is InChI=1S/C24H28N4O2/c1-27(19-10-3-2-4-11-19)15-18-9-5-7-13-21(18)26-23(29)16-28-17-25-22-14-8-6-12-20(22)24(28)30/h5-9,12-14,17,19H,2-4,10-11,15-16H2,1H3,(H,26,29). The van der Waals surface area contributed by atoms with Gasteiger partial charge in [0.05, 0.1) is 17.2 Å². The summed E-state index contributed by atoms with van der Waals surface area (Å²) in [5, 5.41) is 3.51. The fourth-order valence-electron chi connectivity index (χ4n) is 4.26. The Morgan fingerprint density at radius 3 is 2.67 bits per heavy atom. The van der Waals surface area contributed by atoms with Crippen LogP contribution in [0.4, 0.5) is 5.69 Å². The quantitative estimate of drug-likeness (QED) is 0.679. The number of aromatic nitrogens is 2. The maximum Gasteiger partial charge on any atom is 0.261 e. The molecule has 0 unspecified atom stereocenters. The van der Waals surface area contributed by atoms with E-state index in [9.17, 15) is 9.59 Å². The van der Waals surface area contributed by atoms with Crippen molar-refractivity contribution in [2.45, 2.75) is 51.2 Å². The summed E-state index contributed by atoms with van der Waals surface area (Å²) in [4.78, 5) is 32.0. The van der Waals surface area contributed by atoms with Crippen molar-refractivity contribution in [2.75, 3.05) is 12.4 Å². The Morgan fingerprint density at radius 2 is 1.83 bits per heavy atom. The molecular weight excluding hydrogens is 376 g/mol. The van der Waals surface area contributed by atoms with Crippen LogP contribution in [0.25, 0.3) is 10.9 Å². The molecule has 1 aliphatic carbocycles. The van der Waals surface area contributed by atoms with Crippen LogP contribution in [0.15, 0.2) is 59.7 Å². The summed E-state index contributed by atoms with van der Waals surface area (Å²) in [6.45, 7) is 0.724. The SMILES string of the molecule is CN(Cc1ccccc1NC(=O)Cn1cnc2ccccc2c1=O)C1CCCCC1. The summed E-state index contributed by atoms with van der Waals surface area (Å²) in [5.41, 5.74) is 2.31. The third-order valence-electron chi connectivity index (χ3n) is 5.95. The zero-order valence-corrected chi connectivity index (χ0v) is 17.4. The van der Waals surface area contributed by atoms with Crippen molar-refractivity contribution < 1.29 is 4.79 Å². The van der Waals surface area contributed by atoms with E-state index in [2.05, 4.69) is 28.3 Å². The first-order valence-corrected chi connectivity index (χ1v) is 10.6. The van der Waals surface area contributed by atoms with Gasteiger partial charge in [0.25, 0.3) is 5.56 Å². The van der Waals surface area contributed by atoms with E-state index in [1.54, 1.807) is 18.2 Å². The highest BCUT2D eigenvalue weighted by Gasteiger charge is 2.19. The van der Waals surface area contributed by atoms with Crippen LogP contribution in [0.5, 0.6) is 0 Å². The average molecular weight is 405 g/mol. The lowest BCUT2D eigenvalue weighted by Crippen LogP contribution is -2.33. The average Bonchev–Trinajstić information content (AvgIpc) is 2.78. The molecule has 1 fully saturated rings. The van der Waals surface area contributed by atoms with Crippen molar-refractivity contribution >= 4 is 22.5 Å². The van der Waals surface area contributed by atoms with E-state index >= 15 is 0 Å². The lowest BCUT2D eigenvalue weighted by molar-refractivity contribution is -0.116. The third-order valence-corrected chi connectivity index (χ3v) is 5.95. The van der Waals surface area contributed by atoms with Gasteiger partial charge in [0.15, 0.2) is 0 Å². The first-order valence-electron chi connectivity index (χ1n) is 10.6. The second-order valence-corrected chi connectivity index (χ2v) is 8.11. The number of hydrogen-bond acceptors (Lipinski definition) is 4. The molecule has 0 bridgehead atoms. The maximum absolute atomic E-state index is 12.7. The molecule has 1 N–H and O–H groups in total. The Bertz CT molecular complexity index is 1090. The zero-order chi connectivity index (χ0) is 20.9. The van der Waals surface area contributed by atoms with Crippen LogP contribution in [0.3, 0.4) is 0 Å². The normalized spacial score (nSPS) is 14.9. The van der Waals surface area contributed by atoms with Crippen LogP contribution in [0, 0.1) is 0 Å². The van der Waals surface area contributed by atoms with E-state index in [0.717, 1.165) is 17.8 Å². The van der Waals surface area contributed by atoms with Gasteiger partial charge in [0.1, 0.15) is 6.54 Å². The maximum atomic E-state index is 12.7. The summed E-state index contributed by atoms with van der Waals surface area (Å²) in [5.74, 6) is -0.234. The van der Waals surface area contributed by atoms with E-state index in [0.29, 0.717) is 16.9 Å². The number of carbonyl (C=O) groups excluding carboxylic acids is 1. The van der Waals surface area contributed by atoms with Crippen molar-refractivity contribution in [1.82, 2.24) is 14.5 Å². The molecule has 0 spiro atoms. The van der Waals surface area contributed by atoms with E-state index < -0.39 is 0 Å². The summed E-state index contributed by atoms with van der Waals surface area (Å²) in [6.07, 6.45) is 7.84. The molecule has 0 aliphatic heterocycles. The Labute approximate surface area is 176 Å². The molecule has 4 rings (SSSR count). The lowest BCUT2D eigenvalue weighted by Gasteiger charge is -2.31. The molecule has 1 aromatic heterocycles. The summed E-state index contributed by atoms with van der Waals surface area (Å²) in [6, 6.07) is 15.7. The smallest absolute Gasteiger partial charge is 0.261 e. The largest absolute Gasteiger partial charge is 0.324 e. The number of carbonyl (C=O) groups is 1. The van der Waals surface area contributed by atoms with E-state index in [1.165, 1.54) is 43.0 Å². The number of rotatable bonds is 6. The Hall–Kier alpha value is -2.99. The predicted molar refractivity (Wildman–Crippen MR) is 119 cm³/mol. The van der Waals surface area contributed by atoms with Gasteiger partial charge in [-0.15, -0.1) is 0 Å². The number of amides is 1. The molecule has 0 saturated heterocycles. The van der Waals surface area contributed by atoms with E-state index in [-0.39, 0.29) is 18.0 Å². The Kier molecular flexibility index (Phi) is 6.23. The molecular formula is C24H28N4O2. The van der Waals surface area contributed by atoms with Gasteiger partial charge in [-0.05, 0) is 43.7 Å². The van der Waals surface area contributed by atoms with Gasteiger partial charge in [0, 0.05) is 18.3 Å². The predicted octanol–water partition coefficient (Wildman–Crippen LogP) is 3.80. The second-order valence-electron chi connectivity index (χ2n) is 8.11. The summed E-state index contributed by atoms with van der Waals surface area (Å²) < 4.78 is 1.36. The molecule has 156 valence electrons. The molecule has 30 heavy (non-hydrogen) atoms. The number of nitrogens with zero attached hydrogens (tertiary/aromatic N) is 3. The summed E-state index contributed by atoms with van der Waals surface area (Å²) >= 11 is 0. The molecule has 6 heteroatoms. The molecule has 3 aromatic rings. The minimum Gasteiger partial charge on any atom is -0.324 e. The molecule has 0 radical (unpaired) electrons. The van der Waals surface area contributed by atoms with Crippen molar-refractivity contribution in [3.8, 4) is 0 Å². The molecule has 1 aliphatic rings. The first-order chi connectivity index (χ1) is 14.6. The summed E-state index contributed by atoms with van der Waals surface area (Å²) in [7, 11) is 2.16. The number of benzene rings is 2. The molecule has 2 aromatic carbocycles. The van der Waals surface area contributed by atoms with Crippen LogP contribution < -0.4 is 10.9 Å². The van der Waals surface area contributed by atoms with Crippen LogP contribution >= 0.6 is 0 Å². The van der Waals surface area contributed by atoms with Gasteiger partial charge >= 0.3 is 0 Å². The van der Waals surface area contributed by atoms with Crippen molar-refractivity contribution in [2.24, 2.45) is 0 Å². The van der Waals surface area contributed by atoms with E-state index in [1.807, 2.05) is 24.3 Å². The number of hydrogen-bond donors (Lipinski definition) is 1. The monoisotopic (exact) mass is 404 g/mol. The van der Waals surface area contributed by atoms with Crippen LogP contribution in [0.1, 0.15) is 37.7 Å². The molecule has 1 saturated carbocycles. The highest BCUT2D eigenvalue weighted by atomic mass is 16.2. The number of anilines is 1. The van der Waals surface area contributed by atoms with Crippen LogP contribution in [-0.2, 0) is 17.9 Å². The van der Waals surface area contributed by atoms with Crippen LogP contribution in [0.2, 0.25) is 0 Å². The Morgan fingerprint density at radius 1 is 1.10 bits per heavy atom. The van der Waals surface area contributed by atoms with Crippen LogP contribution in [-0.4, -0.2) is 33.4 Å². The fraction of sp³-hybridized carbons (Fsp3) is 0.375. The van der Waals surface area contributed by atoms with Gasteiger partial charge < -0.3 is 5.32 Å². The van der Waals surface area contributed by atoms with Gasteiger partial charge in [-0.1, -0.05) is 49.6 Å². The number of para-hydroxylation sites is 2. The topological polar surface area (TPSA) is 67.2 Å². The molecule has 1 amide bonds. The highest BCUT2D eigenvalue weighted by molar-refractivity contribution is 5.91. The zero-order valence-electron chi connectivity index (χ0n) is 17.4. The lowest BCUT2D eigenvalue weighted by atomic mass is 9.94. The van der Waals surface area contributed by atoms with Gasteiger partial charge in [0.2, 0.25) is 5.91 Å². The van der Waals surface area contributed by atoms with Gasteiger partial charge in [-0.2, -0.15) is 0 Å². The third kappa shape index (κ3) is 4.60. The van der Waals surface area contributed by atoms with Gasteiger partial charge in [-0.3, -0.25) is 19.1 Å². The van der Waals surface area contributed by atoms with Crippen molar-refractivity contribution in [3.63, 3.8) is 0 Å². The van der Waals surface area contributed by atoms with Gasteiger partial charge in [-0.25, -0.2) is 4.98 Å². The molecule has 0 atom stereocenters. The molecule has 6 nitrogen and oxygen atoms in total.